The summed E-state index contributed by atoms with van der Waals surface area (Å²) in [6.45, 7) is 0.0802. The predicted octanol–water partition coefficient (Wildman–Crippen LogP) is 0.139. The fourth-order valence-corrected chi connectivity index (χ4v) is 2.03. The van der Waals surface area contributed by atoms with E-state index in [1.807, 2.05) is 18.2 Å². The van der Waals surface area contributed by atoms with Crippen molar-refractivity contribution in [2.45, 2.75) is 6.42 Å². The number of fused-ring (bicyclic) bond motifs is 1. The largest absolute Gasteiger partial charge is 0.454 e. The monoisotopic (exact) mass is 277 g/mol. The first kappa shape index (κ1) is 12.9. The number of ether oxygens (including phenoxy) is 2. The summed E-state index contributed by atoms with van der Waals surface area (Å²) in [7, 11) is 0. The summed E-state index contributed by atoms with van der Waals surface area (Å²) in [5, 5.41) is 26.2. The van der Waals surface area contributed by atoms with Gasteiger partial charge >= 0.3 is 0 Å². The van der Waals surface area contributed by atoms with Gasteiger partial charge in [-0.3, -0.25) is 0 Å². The first-order valence-electron chi connectivity index (χ1n) is 6.33. The number of hydrogen-bond acceptors (Lipinski definition) is 6. The topological polar surface area (TPSA) is 89.6 Å². The van der Waals surface area contributed by atoms with E-state index in [0.29, 0.717) is 12.2 Å². The van der Waals surface area contributed by atoms with Gasteiger partial charge in [-0.25, -0.2) is 4.68 Å². The van der Waals surface area contributed by atoms with Crippen LogP contribution in [0.15, 0.2) is 24.4 Å². The first-order valence-corrected chi connectivity index (χ1v) is 6.33. The van der Waals surface area contributed by atoms with Gasteiger partial charge in [0.2, 0.25) is 6.79 Å². The molecule has 7 nitrogen and oxygen atoms in total. The SMILES string of the molecule is OCC(CO)Cc1cn(-c2ccc3c(c2)OCO3)nn1. The molecule has 106 valence electrons. The number of nitrogens with zero attached hydrogens (tertiary/aromatic N) is 3. The first-order chi connectivity index (χ1) is 9.80. The van der Waals surface area contributed by atoms with Crippen LogP contribution >= 0.6 is 0 Å². The van der Waals surface area contributed by atoms with Crippen LogP contribution in [-0.4, -0.2) is 45.2 Å². The standard InChI is InChI=1S/C13H15N3O4/c17-6-9(7-18)3-10-5-16(15-14-10)11-1-2-12-13(4-11)20-8-19-12/h1-2,4-5,9,17-18H,3,6-8H2. The van der Waals surface area contributed by atoms with Crippen LogP contribution in [0.4, 0.5) is 0 Å². The lowest BCUT2D eigenvalue weighted by Gasteiger charge is -2.06. The summed E-state index contributed by atoms with van der Waals surface area (Å²) in [6, 6.07) is 5.52. The Bertz CT molecular complexity index is 595. The number of benzene rings is 1. The number of hydrogen-bond donors (Lipinski definition) is 2. The van der Waals surface area contributed by atoms with E-state index in [0.717, 1.165) is 17.1 Å². The Kier molecular flexibility index (Phi) is 3.53. The van der Waals surface area contributed by atoms with E-state index in [4.69, 9.17) is 19.7 Å². The van der Waals surface area contributed by atoms with Gasteiger partial charge in [-0.05, 0) is 12.1 Å². The Morgan fingerprint density at radius 3 is 2.80 bits per heavy atom. The molecule has 2 aromatic rings. The molecule has 1 aliphatic rings. The third-order valence-electron chi connectivity index (χ3n) is 3.18. The molecule has 0 bridgehead atoms. The molecule has 0 spiro atoms. The van der Waals surface area contributed by atoms with Gasteiger partial charge in [0.05, 0.1) is 17.6 Å². The molecule has 3 rings (SSSR count). The molecule has 7 heteroatoms. The molecule has 0 saturated heterocycles. The fraction of sp³-hybridized carbons (Fsp3) is 0.385. The van der Waals surface area contributed by atoms with Crippen molar-refractivity contribution in [1.29, 1.82) is 0 Å². The van der Waals surface area contributed by atoms with Crippen molar-refractivity contribution < 1.29 is 19.7 Å². The lowest BCUT2D eigenvalue weighted by atomic mass is 10.1. The highest BCUT2D eigenvalue weighted by Gasteiger charge is 2.15. The van der Waals surface area contributed by atoms with E-state index in [9.17, 15) is 0 Å². The zero-order chi connectivity index (χ0) is 13.9. The Morgan fingerprint density at radius 1 is 1.20 bits per heavy atom. The zero-order valence-corrected chi connectivity index (χ0v) is 10.8. The summed E-state index contributed by atoms with van der Waals surface area (Å²) in [6.07, 6.45) is 2.26. The Labute approximate surface area is 115 Å². The molecule has 0 aliphatic carbocycles. The van der Waals surface area contributed by atoms with Crippen LogP contribution in [0.2, 0.25) is 0 Å². The predicted molar refractivity (Wildman–Crippen MR) is 68.8 cm³/mol. The Hall–Kier alpha value is -2.12. The molecule has 0 atom stereocenters. The molecule has 0 radical (unpaired) electrons. The van der Waals surface area contributed by atoms with E-state index in [-0.39, 0.29) is 25.9 Å². The van der Waals surface area contributed by atoms with Crippen molar-refractivity contribution in [3.8, 4) is 17.2 Å². The minimum absolute atomic E-state index is 0.0760. The zero-order valence-electron chi connectivity index (χ0n) is 10.8. The van der Waals surface area contributed by atoms with Gasteiger partial charge in [-0.1, -0.05) is 5.21 Å². The van der Waals surface area contributed by atoms with Gasteiger partial charge in [0.25, 0.3) is 0 Å². The molecule has 2 N–H and O–H groups in total. The lowest BCUT2D eigenvalue weighted by Crippen LogP contribution is -2.14. The van der Waals surface area contributed by atoms with Crippen LogP contribution in [0.5, 0.6) is 11.5 Å². The molecule has 1 aromatic heterocycles. The van der Waals surface area contributed by atoms with Crippen LogP contribution < -0.4 is 9.47 Å². The quantitative estimate of drug-likeness (QED) is 0.808. The van der Waals surface area contributed by atoms with Crippen LogP contribution in [0, 0.1) is 5.92 Å². The van der Waals surface area contributed by atoms with Crippen LogP contribution in [0.1, 0.15) is 5.69 Å². The van der Waals surface area contributed by atoms with Gasteiger partial charge < -0.3 is 19.7 Å². The minimum Gasteiger partial charge on any atom is -0.454 e. The van der Waals surface area contributed by atoms with Crippen molar-refractivity contribution >= 4 is 0 Å². The number of aromatic nitrogens is 3. The molecule has 0 unspecified atom stereocenters. The maximum absolute atomic E-state index is 9.07. The summed E-state index contributed by atoms with van der Waals surface area (Å²) in [5.41, 5.74) is 1.54. The summed E-state index contributed by atoms with van der Waals surface area (Å²) in [4.78, 5) is 0. The molecule has 1 aliphatic heterocycles. The Balaban J connectivity index is 1.79. The van der Waals surface area contributed by atoms with Crippen molar-refractivity contribution in [1.82, 2.24) is 15.0 Å². The van der Waals surface area contributed by atoms with Crippen molar-refractivity contribution in [2.75, 3.05) is 20.0 Å². The van der Waals surface area contributed by atoms with Gasteiger partial charge in [0.15, 0.2) is 11.5 Å². The maximum atomic E-state index is 9.07. The van der Waals surface area contributed by atoms with E-state index in [1.54, 1.807) is 10.9 Å². The molecular formula is C13H15N3O4. The van der Waals surface area contributed by atoms with Crippen LogP contribution in [-0.2, 0) is 6.42 Å². The van der Waals surface area contributed by atoms with Crippen molar-refractivity contribution in [2.24, 2.45) is 5.92 Å². The average molecular weight is 277 g/mol. The third kappa shape index (κ3) is 2.45. The Morgan fingerprint density at radius 2 is 2.00 bits per heavy atom. The minimum atomic E-state index is -0.211. The van der Waals surface area contributed by atoms with E-state index >= 15 is 0 Å². The highest BCUT2D eigenvalue weighted by Crippen LogP contribution is 2.33. The number of aliphatic hydroxyl groups excluding tert-OH is 2. The second-order valence-corrected chi connectivity index (χ2v) is 4.63. The summed E-state index contributed by atoms with van der Waals surface area (Å²) < 4.78 is 12.2. The molecule has 0 amide bonds. The molecule has 0 fully saturated rings. The highest BCUT2D eigenvalue weighted by atomic mass is 16.7. The fourth-order valence-electron chi connectivity index (χ4n) is 2.03. The summed E-state index contributed by atoms with van der Waals surface area (Å²) >= 11 is 0. The van der Waals surface area contributed by atoms with Gasteiger partial charge in [0, 0.05) is 31.6 Å². The van der Waals surface area contributed by atoms with Crippen molar-refractivity contribution in [3.05, 3.63) is 30.1 Å². The van der Waals surface area contributed by atoms with E-state index in [1.165, 1.54) is 0 Å². The van der Waals surface area contributed by atoms with Gasteiger partial charge in [-0.15, -0.1) is 5.10 Å². The van der Waals surface area contributed by atoms with E-state index < -0.39 is 0 Å². The number of aliphatic hydroxyl groups is 2. The second kappa shape index (κ2) is 5.48. The van der Waals surface area contributed by atoms with Crippen LogP contribution in [0.3, 0.4) is 0 Å². The maximum Gasteiger partial charge on any atom is 0.231 e. The van der Waals surface area contributed by atoms with Crippen molar-refractivity contribution in [3.63, 3.8) is 0 Å². The molecular weight excluding hydrogens is 262 g/mol. The average Bonchev–Trinajstić information content (AvgIpc) is 3.12. The molecule has 2 heterocycles. The van der Waals surface area contributed by atoms with Gasteiger partial charge in [0.1, 0.15) is 0 Å². The third-order valence-corrected chi connectivity index (χ3v) is 3.18. The number of rotatable bonds is 5. The second-order valence-electron chi connectivity index (χ2n) is 4.63. The van der Waals surface area contributed by atoms with Crippen LogP contribution in [0.25, 0.3) is 5.69 Å². The van der Waals surface area contributed by atoms with E-state index in [2.05, 4.69) is 10.3 Å². The molecule has 20 heavy (non-hydrogen) atoms. The smallest absolute Gasteiger partial charge is 0.231 e. The normalized spacial score (nSPS) is 13.2. The molecule has 0 saturated carbocycles. The van der Waals surface area contributed by atoms with Gasteiger partial charge in [-0.2, -0.15) is 0 Å². The lowest BCUT2D eigenvalue weighted by molar-refractivity contribution is 0.149. The summed E-state index contributed by atoms with van der Waals surface area (Å²) in [5.74, 6) is 1.19. The highest BCUT2D eigenvalue weighted by molar-refractivity contribution is 5.49. The molecule has 1 aromatic carbocycles.